The van der Waals surface area contributed by atoms with Crippen molar-refractivity contribution in [2.45, 2.75) is 51.4 Å². The average Bonchev–Trinajstić information content (AvgIpc) is 3.17. The Kier molecular flexibility index (Phi) is 2.28. The second kappa shape index (κ2) is 4.07. The SMILES string of the molecule is O=C1C2C(C(=O)N1CC13CC4CC(CC(C4)C1)C3)C1C=CC2C12CC2. The smallest absolute Gasteiger partial charge is 0.233 e. The second-order valence-electron chi connectivity index (χ2n) is 10.9. The van der Waals surface area contributed by atoms with Crippen LogP contribution in [-0.4, -0.2) is 23.3 Å². The van der Waals surface area contributed by atoms with E-state index in [9.17, 15) is 9.59 Å². The fourth-order valence-corrected chi connectivity index (χ4v) is 9.12. The number of amides is 2. The lowest BCUT2D eigenvalue weighted by Gasteiger charge is -2.57. The van der Waals surface area contributed by atoms with E-state index >= 15 is 0 Å². The molecule has 8 rings (SSSR count). The molecule has 6 bridgehead atoms. The molecule has 7 fully saturated rings. The van der Waals surface area contributed by atoms with E-state index in [2.05, 4.69) is 12.2 Å². The van der Waals surface area contributed by atoms with Crippen LogP contribution in [0, 0.1) is 52.3 Å². The van der Waals surface area contributed by atoms with Gasteiger partial charge in [0.25, 0.3) is 0 Å². The van der Waals surface area contributed by atoms with Crippen LogP contribution in [0.4, 0.5) is 0 Å². The van der Waals surface area contributed by atoms with Crippen LogP contribution in [0.25, 0.3) is 0 Å². The van der Waals surface area contributed by atoms with Gasteiger partial charge in [-0.2, -0.15) is 0 Å². The van der Waals surface area contributed by atoms with Gasteiger partial charge in [0.05, 0.1) is 11.8 Å². The molecule has 1 saturated heterocycles. The van der Waals surface area contributed by atoms with Gasteiger partial charge in [-0.05, 0) is 91.8 Å². The molecule has 0 aromatic heterocycles. The largest absolute Gasteiger partial charge is 0.282 e. The lowest BCUT2D eigenvalue weighted by Crippen LogP contribution is -2.52. The van der Waals surface area contributed by atoms with Crippen LogP contribution < -0.4 is 0 Å². The standard InChI is InChI=1S/C22H27NO2/c24-19-17-15-1-2-16(22(15)3-4-22)18(17)20(25)23(19)11-21-8-12-5-13(9-21)7-14(6-12)10-21/h1-2,12-18H,3-11H2. The number of carbonyl (C=O) groups excluding carboxylic acids is 2. The zero-order chi connectivity index (χ0) is 16.6. The third kappa shape index (κ3) is 1.52. The Morgan fingerprint density at radius 3 is 1.76 bits per heavy atom. The molecule has 3 nitrogen and oxygen atoms in total. The molecule has 4 atom stereocenters. The molecule has 7 aliphatic carbocycles. The fourth-order valence-electron chi connectivity index (χ4n) is 9.12. The van der Waals surface area contributed by atoms with E-state index in [1.807, 2.05) is 0 Å². The van der Waals surface area contributed by atoms with Crippen LogP contribution >= 0.6 is 0 Å². The minimum atomic E-state index is -0.00101. The zero-order valence-electron chi connectivity index (χ0n) is 14.8. The van der Waals surface area contributed by atoms with Gasteiger partial charge in [-0.25, -0.2) is 0 Å². The van der Waals surface area contributed by atoms with E-state index in [0.717, 1.165) is 24.3 Å². The van der Waals surface area contributed by atoms with E-state index in [0.29, 0.717) is 17.3 Å². The van der Waals surface area contributed by atoms with Gasteiger partial charge in [-0.15, -0.1) is 0 Å². The number of nitrogens with zero attached hydrogens (tertiary/aromatic N) is 1. The molecule has 1 heterocycles. The van der Waals surface area contributed by atoms with Crippen molar-refractivity contribution in [2.24, 2.45) is 52.3 Å². The van der Waals surface area contributed by atoms with Gasteiger partial charge in [0.1, 0.15) is 0 Å². The summed E-state index contributed by atoms with van der Waals surface area (Å²) in [5.41, 5.74) is 0.607. The summed E-state index contributed by atoms with van der Waals surface area (Å²) in [6.45, 7) is 0.758. The van der Waals surface area contributed by atoms with E-state index in [1.165, 1.54) is 51.4 Å². The molecular formula is C22H27NO2. The number of carbonyl (C=O) groups is 2. The van der Waals surface area contributed by atoms with Crippen LogP contribution in [0.1, 0.15) is 51.4 Å². The number of imide groups is 1. The highest BCUT2D eigenvalue weighted by atomic mass is 16.2. The lowest BCUT2D eigenvalue weighted by atomic mass is 9.49. The summed E-state index contributed by atoms with van der Waals surface area (Å²) in [5, 5.41) is 0. The maximum atomic E-state index is 13.3. The van der Waals surface area contributed by atoms with Crippen molar-refractivity contribution in [3.05, 3.63) is 12.2 Å². The normalized spacial score (nSPS) is 55.7. The Balaban J connectivity index is 1.20. The highest BCUT2D eigenvalue weighted by Gasteiger charge is 2.73. The quantitative estimate of drug-likeness (QED) is 0.572. The molecule has 8 aliphatic rings. The first kappa shape index (κ1) is 14.0. The lowest BCUT2D eigenvalue weighted by molar-refractivity contribution is -0.147. The number of hydrogen-bond donors (Lipinski definition) is 0. The van der Waals surface area contributed by atoms with Gasteiger partial charge in [0.2, 0.25) is 11.8 Å². The Bertz CT molecular complexity index is 663. The van der Waals surface area contributed by atoms with Crippen molar-refractivity contribution < 1.29 is 9.59 Å². The zero-order valence-corrected chi connectivity index (χ0v) is 14.8. The van der Waals surface area contributed by atoms with Crippen molar-refractivity contribution in [3.8, 4) is 0 Å². The van der Waals surface area contributed by atoms with Crippen LogP contribution in [0.2, 0.25) is 0 Å². The molecule has 4 unspecified atom stereocenters. The minimum absolute atomic E-state index is 0.00101. The summed E-state index contributed by atoms with van der Waals surface area (Å²) >= 11 is 0. The number of fused-ring (bicyclic) bond motifs is 3. The number of hydrogen-bond acceptors (Lipinski definition) is 2. The molecule has 6 saturated carbocycles. The highest BCUT2D eigenvalue weighted by molar-refractivity contribution is 6.06. The van der Waals surface area contributed by atoms with Crippen molar-refractivity contribution in [1.29, 1.82) is 0 Å². The first-order chi connectivity index (χ1) is 12.1. The van der Waals surface area contributed by atoms with Crippen molar-refractivity contribution >= 4 is 11.8 Å². The molecule has 0 aromatic rings. The third-order valence-electron chi connectivity index (χ3n) is 9.60. The topological polar surface area (TPSA) is 37.4 Å². The maximum Gasteiger partial charge on any atom is 0.233 e. The second-order valence-corrected chi connectivity index (χ2v) is 10.9. The Morgan fingerprint density at radius 2 is 1.32 bits per heavy atom. The number of likely N-dealkylation sites (tertiary alicyclic amines) is 1. The van der Waals surface area contributed by atoms with E-state index in [-0.39, 0.29) is 29.1 Å². The summed E-state index contributed by atoms with van der Waals surface area (Å²) in [5.74, 6) is 3.80. The molecule has 25 heavy (non-hydrogen) atoms. The first-order valence-corrected chi connectivity index (χ1v) is 10.6. The molecule has 3 heteroatoms. The molecule has 0 radical (unpaired) electrons. The Labute approximate surface area is 149 Å². The predicted molar refractivity (Wildman–Crippen MR) is 92.1 cm³/mol. The fraction of sp³-hybridized carbons (Fsp3) is 0.818. The van der Waals surface area contributed by atoms with Crippen LogP contribution in [0.5, 0.6) is 0 Å². The van der Waals surface area contributed by atoms with Crippen LogP contribution in [0.15, 0.2) is 12.2 Å². The van der Waals surface area contributed by atoms with Crippen LogP contribution in [-0.2, 0) is 9.59 Å². The molecule has 0 N–H and O–H groups in total. The van der Waals surface area contributed by atoms with Crippen molar-refractivity contribution in [2.75, 3.05) is 6.54 Å². The molecule has 0 aromatic carbocycles. The van der Waals surface area contributed by atoms with Crippen molar-refractivity contribution in [1.82, 2.24) is 4.90 Å². The van der Waals surface area contributed by atoms with Gasteiger partial charge in [0, 0.05) is 6.54 Å². The van der Waals surface area contributed by atoms with Gasteiger partial charge >= 0.3 is 0 Å². The highest BCUT2D eigenvalue weighted by Crippen LogP contribution is 2.73. The Morgan fingerprint density at radius 1 is 0.840 bits per heavy atom. The van der Waals surface area contributed by atoms with Gasteiger partial charge < -0.3 is 0 Å². The summed E-state index contributed by atoms with van der Waals surface area (Å²) < 4.78 is 0. The summed E-state index contributed by atoms with van der Waals surface area (Å²) in [6.07, 6.45) is 15.1. The third-order valence-corrected chi connectivity index (χ3v) is 9.60. The first-order valence-electron chi connectivity index (χ1n) is 10.6. The van der Waals surface area contributed by atoms with E-state index in [4.69, 9.17) is 0 Å². The molecule has 1 spiro atoms. The van der Waals surface area contributed by atoms with Crippen molar-refractivity contribution in [3.63, 3.8) is 0 Å². The number of allylic oxidation sites excluding steroid dienone is 2. The molecule has 1 aliphatic heterocycles. The summed E-state index contributed by atoms with van der Waals surface area (Å²) in [6, 6.07) is 0. The maximum absolute atomic E-state index is 13.3. The van der Waals surface area contributed by atoms with Gasteiger partial charge in [0.15, 0.2) is 0 Å². The summed E-state index contributed by atoms with van der Waals surface area (Å²) in [4.78, 5) is 28.4. The average molecular weight is 337 g/mol. The number of rotatable bonds is 2. The summed E-state index contributed by atoms with van der Waals surface area (Å²) in [7, 11) is 0. The molecular weight excluding hydrogens is 310 g/mol. The van der Waals surface area contributed by atoms with Gasteiger partial charge in [-0.3, -0.25) is 14.5 Å². The minimum Gasteiger partial charge on any atom is -0.282 e. The Hall–Kier alpha value is -1.12. The van der Waals surface area contributed by atoms with Crippen LogP contribution in [0.3, 0.4) is 0 Å². The molecule has 132 valence electrons. The van der Waals surface area contributed by atoms with Gasteiger partial charge in [-0.1, -0.05) is 12.2 Å². The monoisotopic (exact) mass is 337 g/mol. The van der Waals surface area contributed by atoms with E-state index in [1.54, 1.807) is 4.90 Å². The molecule has 2 amide bonds. The van der Waals surface area contributed by atoms with E-state index < -0.39 is 0 Å². The predicted octanol–water partition coefficient (Wildman–Crippen LogP) is 3.40.